The Hall–Kier alpha value is -2.55. The van der Waals surface area contributed by atoms with Gasteiger partial charge in [-0.25, -0.2) is 4.79 Å². The molecule has 2 N–H and O–H groups in total. The molecule has 1 aliphatic heterocycles. The van der Waals surface area contributed by atoms with Gasteiger partial charge in [-0.1, -0.05) is 12.1 Å². The van der Waals surface area contributed by atoms with Gasteiger partial charge in [0.2, 0.25) is 0 Å². The topological polar surface area (TPSA) is 93.4 Å². The first-order chi connectivity index (χ1) is 10.0. The molecule has 1 saturated heterocycles. The van der Waals surface area contributed by atoms with Crippen LogP contribution in [0.2, 0.25) is 0 Å². The lowest BCUT2D eigenvalue weighted by atomic mass is 9.92. The number of piperidine rings is 1. The van der Waals surface area contributed by atoms with E-state index in [1.807, 2.05) is 13.0 Å². The van der Waals surface area contributed by atoms with Gasteiger partial charge >= 0.3 is 12.0 Å². The number of para-hydroxylation sites is 1. The number of nitrogens with zero attached hydrogens (tertiary/aromatic N) is 2. The van der Waals surface area contributed by atoms with Gasteiger partial charge in [0.1, 0.15) is 6.07 Å². The first-order valence-electron chi connectivity index (χ1n) is 6.82. The maximum atomic E-state index is 12.3. The number of carboxylic acid groups (broad SMARTS) is 1. The van der Waals surface area contributed by atoms with E-state index in [1.165, 1.54) is 0 Å². The van der Waals surface area contributed by atoms with Gasteiger partial charge in [0.15, 0.2) is 0 Å². The molecule has 2 unspecified atom stereocenters. The van der Waals surface area contributed by atoms with Gasteiger partial charge in [0, 0.05) is 12.6 Å². The molecule has 21 heavy (non-hydrogen) atoms. The lowest BCUT2D eigenvalue weighted by Crippen LogP contribution is -2.47. The van der Waals surface area contributed by atoms with Crippen LogP contribution in [0.4, 0.5) is 10.5 Å². The molecule has 6 nitrogen and oxygen atoms in total. The zero-order valence-corrected chi connectivity index (χ0v) is 11.7. The maximum Gasteiger partial charge on any atom is 0.322 e. The molecule has 2 atom stereocenters. The van der Waals surface area contributed by atoms with E-state index in [9.17, 15) is 9.59 Å². The lowest BCUT2D eigenvalue weighted by Gasteiger charge is -2.36. The van der Waals surface area contributed by atoms with Crippen LogP contribution in [0.25, 0.3) is 0 Å². The monoisotopic (exact) mass is 287 g/mol. The first kappa shape index (κ1) is 14.9. The second-order valence-electron chi connectivity index (χ2n) is 5.19. The Labute approximate surface area is 123 Å². The zero-order chi connectivity index (χ0) is 15.4. The fourth-order valence-electron chi connectivity index (χ4n) is 2.57. The lowest BCUT2D eigenvalue weighted by molar-refractivity contribution is -0.143. The minimum atomic E-state index is -0.809. The van der Waals surface area contributed by atoms with Crippen molar-refractivity contribution in [1.29, 1.82) is 5.26 Å². The van der Waals surface area contributed by atoms with Gasteiger partial charge < -0.3 is 15.3 Å². The quantitative estimate of drug-likeness (QED) is 0.872. The zero-order valence-electron chi connectivity index (χ0n) is 11.7. The molecule has 2 rings (SSSR count). The van der Waals surface area contributed by atoms with Gasteiger partial charge in [-0.2, -0.15) is 5.26 Å². The largest absolute Gasteiger partial charge is 0.481 e. The molecule has 1 aromatic carbocycles. The Bertz CT molecular complexity index is 594. The van der Waals surface area contributed by atoms with Crippen LogP contribution in [0, 0.1) is 17.2 Å². The summed E-state index contributed by atoms with van der Waals surface area (Å²) >= 11 is 0. The molecule has 0 saturated carbocycles. The fraction of sp³-hybridized carbons (Fsp3) is 0.400. The van der Waals surface area contributed by atoms with Crippen LogP contribution >= 0.6 is 0 Å². The van der Waals surface area contributed by atoms with E-state index in [0.29, 0.717) is 30.6 Å². The summed E-state index contributed by atoms with van der Waals surface area (Å²) in [6, 6.07) is 8.37. The molecule has 0 aromatic heterocycles. The van der Waals surface area contributed by atoms with Crippen molar-refractivity contribution in [1.82, 2.24) is 4.90 Å². The summed E-state index contributed by atoms with van der Waals surface area (Å²) in [6.07, 6.45) is 0.898. The Morgan fingerprint density at radius 3 is 2.76 bits per heavy atom. The molecule has 0 spiro atoms. The summed E-state index contributed by atoms with van der Waals surface area (Å²) in [6.45, 7) is 2.24. The van der Waals surface area contributed by atoms with Crippen LogP contribution < -0.4 is 5.32 Å². The summed E-state index contributed by atoms with van der Waals surface area (Å²) in [7, 11) is 0. The number of nitriles is 1. The van der Waals surface area contributed by atoms with Gasteiger partial charge in [-0.15, -0.1) is 0 Å². The van der Waals surface area contributed by atoms with Gasteiger partial charge in [-0.05, 0) is 31.9 Å². The predicted octanol–water partition coefficient (Wildman–Crippen LogP) is 2.28. The molecule has 110 valence electrons. The number of anilines is 1. The Morgan fingerprint density at radius 2 is 2.14 bits per heavy atom. The molecule has 6 heteroatoms. The maximum absolute atomic E-state index is 12.3. The Kier molecular flexibility index (Phi) is 4.43. The number of hydrogen-bond acceptors (Lipinski definition) is 3. The highest BCUT2D eigenvalue weighted by Crippen LogP contribution is 2.24. The number of urea groups is 1. The van der Waals surface area contributed by atoms with Crippen LogP contribution in [-0.2, 0) is 4.79 Å². The molecular weight excluding hydrogens is 270 g/mol. The molecule has 2 amide bonds. The third-order valence-corrected chi connectivity index (χ3v) is 3.78. The van der Waals surface area contributed by atoms with E-state index in [0.717, 1.165) is 0 Å². The highest BCUT2D eigenvalue weighted by Gasteiger charge is 2.32. The summed E-state index contributed by atoms with van der Waals surface area (Å²) in [5.74, 6) is -1.20. The number of carbonyl (C=O) groups is 2. The number of nitrogens with one attached hydrogen (secondary N) is 1. The number of rotatable bonds is 2. The Morgan fingerprint density at radius 1 is 1.43 bits per heavy atom. The van der Waals surface area contributed by atoms with Crippen molar-refractivity contribution in [2.75, 3.05) is 11.9 Å². The third kappa shape index (κ3) is 3.31. The minimum Gasteiger partial charge on any atom is -0.481 e. The average Bonchev–Trinajstić information content (AvgIpc) is 2.47. The first-order valence-corrected chi connectivity index (χ1v) is 6.82. The SMILES string of the molecule is CC1CC(C(=O)O)CCN1C(=O)Nc1ccccc1C#N. The van der Waals surface area contributed by atoms with Gasteiger partial charge in [0.05, 0.1) is 17.2 Å². The number of amides is 2. The van der Waals surface area contributed by atoms with Crippen molar-refractivity contribution in [3.05, 3.63) is 29.8 Å². The van der Waals surface area contributed by atoms with E-state index < -0.39 is 11.9 Å². The normalized spacial score (nSPS) is 21.4. The van der Waals surface area contributed by atoms with Gasteiger partial charge in [-0.3, -0.25) is 4.79 Å². The van der Waals surface area contributed by atoms with Crippen molar-refractivity contribution in [2.24, 2.45) is 5.92 Å². The molecule has 1 aromatic rings. The molecule has 1 heterocycles. The van der Waals surface area contributed by atoms with Crippen molar-refractivity contribution in [3.8, 4) is 6.07 Å². The number of benzene rings is 1. The highest BCUT2D eigenvalue weighted by atomic mass is 16.4. The van der Waals surface area contributed by atoms with Crippen LogP contribution in [0.3, 0.4) is 0 Å². The van der Waals surface area contributed by atoms with Crippen LogP contribution in [0.5, 0.6) is 0 Å². The Balaban J connectivity index is 2.05. The second kappa shape index (κ2) is 6.27. The van der Waals surface area contributed by atoms with Crippen molar-refractivity contribution >= 4 is 17.7 Å². The summed E-state index contributed by atoms with van der Waals surface area (Å²) in [5, 5.41) is 20.8. The standard InChI is InChI=1S/C15H17N3O3/c1-10-8-11(14(19)20)6-7-18(10)15(21)17-13-5-3-2-4-12(13)9-16/h2-5,10-11H,6-8H2,1H3,(H,17,21)(H,19,20). The van der Waals surface area contributed by atoms with Crippen molar-refractivity contribution in [3.63, 3.8) is 0 Å². The molecule has 1 aliphatic rings. The minimum absolute atomic E-state index is 0.144. The van der Waals surface area contributed by atoms with Gasteiger partial charge in [0.25, 0.3) is 0 Å². The number of carboxylic acids is 1. The second-order valence-corrected chi connectivity index (χ2v) is 5.19. The van der Waals surface area contributed by atoms with Crippen molar-refractivity contribution < 1.29 is 14.7 Å². The number of likely N-dealkylation sites (tertiary alicyclic amines) is 1. The molecule has 1 fully saturated rings. The van der Waals surface area contributed by atoms with Crippen molar-refractivity contribution in [2.45, 2.75) is 25.8 Å². The smallest absolute Gasteiger partial charge is 0.322 e. The molecule has 0 aliphatic carbocycles. The highest BCUT2D eigenvalue weighted by molar-refractivity contribution is 5.91. The summed E-state index contributed by atoms with van der Waals surface area (Å²) < 4.78 is 0. The predicted molar refractivity (Wildman–Crippen MR) is 76.7 cm³/mol. The third-order valence-electron chi connectivity index (χ3n) is 3.78. The summed E-state index contributed by atoms with van der Waals surface area (Å²) in [5.41, 5.74) is 0.872. The van der Waals surface area contributed by atoms with E-state index in [2.05, 4.69) is 5.32 Å². The van der Waals surface area contributed by atoms with Crippen LogP contribution in [-0.4, -0.2) is 34.6 Å². The van der Waals surface area contributed by atoms with E-state index in [1.54, 1.807) is 29.2 Å². The number of aliphatic carboxylic acids is 1. The molecular formula is C15H17N3O3. The van der Waals surface area contributed by atoms with Crippen LogP contribution in [0.1, 0.15) is 25.3 Å². The van der Waals surface area contributed by atoms with E-state index >= 15 is 0 Å². The average molecular weight is 287 g/mol. The fourth-order valence-corrected chi connectivity index (χ4v) is 2.57. The van der Waals surface area contributed by atoms with E-state index in [4.69, 9.17) is 10.4 Å². The number of hydrogen-bond donors (Lipinski definition) is 2. The number of carbonyl (C=O) groups excluding carboxylic acids is 1. The molecule has 0 radical (unpaired) electrons. The summed E-state index contributed by atoms with van der Waals surface area (Å²) in [4.78, 5) is 24.9. The van der Waals surface area contributed by atoms with E-state index in [-0.39, 0.29) is 12.1 Å². The van der Waals surface area contributed by atoms with Crippen LogP contribution in [0.15, 0.2) is 24.3 Å². The molecule has 0 bridgehead atoms.